The van der Waals surface area contributed by atoms with E-state index in [0.29, 0.717) is 15.8 Å². The Hall–Kier alpha value is -3.17. The van der Waals surface area contributed by atoms with E-state index in [-0.39, 0.29) is 17.3 Å². The Morgan fingerprint density at radius 3 is 2.68 bits per heavy atom. The molecule has 0 aliphatic heterocycles. The van der Waals surface area contributed by atoms with Crippen LogP contribution < -0.4 is 4.74 Å². The first-order chi connectivity index (χ1) is 11.8. The lowest BCUT2D eigenvalue weighted by Crippen LogP contribution is -2.14. The van der Waals surface area contributed by atoms with E-state index >= 15 is 0 Å². The molecule has 0 atom stereocenters. The summed E-state index contributed by atoms with van der Waals surface area (Å²) in [5, 5.41) is 12.4. The number of carboxylic acid groups (broad SMARTS) is 1. The molecule has 25 heavy (non-hydrogen) atoms. The Morgan fingerprint density at radius 1 is 1.28 bits per heavy atom. The lowest BCUT2D eigenvalue weighted by Gasteiger charge is -2.10. The minimum atomic E-state index is -4.72. The van der Waals surface area contributed by atoms with Crippen molar-refractivity contribution in [2.75, 3.05) is 7.11 Å². The molecule has 130 valence electrons. The number of nitrogens with zero attached hydrogens (tertiary/aromatic N) is 4. The number of halogens is 3. The number of carbonyl (C=O) groups is 1. The van der Waals surface area contributed by atoms with Gasteiger partial charge in [0.2, 0.25) is 0 Å². The fraction of sp³-hybridized carbons (Fsp3) is 0.200. The van der Waals surface area contributed by atoms with Gasteiger partial charge in [0.25, 0.3) is 5.78 Å². The maximum Gasteiger partial charge on any atom is 0.433 e. The highest BCUT2D eigenvalue weighted by molar-refractivity contribution is 5.69. The number of carboxylic acids is 1. The van der Waals surface area contributed by atoms with Gasteiger partial charge in [-0.1, -0.05) is 12.1 Å². The number of hydrogen-bond donors (Lipinski definition) is 1. The summed E-state index contributed by atoms with van der Waals surface area (Å²) in [6.45, 7) is 0. The predicted molar refractivity (Wildman–Crippen MR) is 79.1 cm³/mol. The fourth-order valence-electron chi connectivity index (χ4n) is 2.25. The summed E-state index contributed by atoms with van der Waals surface area (Å²) in [7, 11) is 1.44. The molecule has 0 aliphatic carbocycles. The Morgan fingerprint density at radius 2 is 2.04 bits per heavy atom. The van der Waals surface area contributed by atoms with Crippen molar-refractivity contribution in [3.05, 3.63) is 41.9 Å². The number of hydrogen-bond acceptors (Lipinski definition) is 5. The van der Waals surface area contributed by atoms with Gasteiger partial charge in [-0.25, -0.2) is 4.98 Å². The van der Waals surface area contributed by atoms with Gasteiger partial charge in [0.05, 0.1) is 12.8 Å². The second-order valence-corrected chi connectivity index (χ2v) is 5.07. The molecule has 0 bridgehead atoms. The summed E-state index contributed by atoms with van der Waals surface area (Å²) in [5.74, 6) is -1.38. The molecule has 0 fully saturated rings. The molecule has 0 unspecified atom stereocenters. The smallest absolute Gasteiger partial charge is 0.433 e. The zero-order valence-electron chi connectivity index (χ0n) is 12.8. The Bertz CT molecular complexity index is 953. The summed E-state index contributed by atoms with van der Waals surface area (Å²) in [5.41, 5.74) is -0.678. The average molecular weight is 352 g/mol. The van der Waals surface area contributed by atoms with Crippen LogP contribution in [-0.2, 0) is 17.4 Å². The highest BCUT2D eigenvalue weighted by atomic mass is 19.4. The van der Waals surface area contributed by atoms with Crippen LogP contribution in [0.1, 0.15) is 11.5 Å². The molecule has 7 nitrogen and oxygen atoms in total. The molecule has 0 saturated carbocycles. The number of fused-ring (bicyclic) bond motifs is 1. The van der Waals surface area contributed by atoms with Crippen LogP contribution in [0.25, 0.3) is 17.0 Å². The zero-order valence-corrected chi connectivity index (χ0v) is 12.8. The van der Waals surface area contributed by atoms with Crippen molar-refractivity contribution in [2.24, 2.45) is 0 Å². The first-order valence-electron chi connectivity index (χ1n) is 6.98. The molecule has 3 rings (SSSR count). The van der Waals surface area contributed by atoms with Crippen LogP contribution >= 0.6 is 0 Å². The standard InChI is InChI=1S/C15H11F3N4O3/c1-25-9-4-2-3-8(5-9)10-6-11(15(16,17)18)22-14(19-10)20-12(21-22)7-13(23)24/h2-6H,7H2,1H3,(H,23,24). The van der Waals surface area contributed by atoms with Gasteiger partial charge in [-0.05, 0) is 18.2 Å². The molecule has 2 heterocycles. The van der Waals surface area contributed by atoms with Crippen molar-refractivity contribution in [1.82, 2.24) is 19.6 Å². The monoisotopic (exact) mass is 352 g/mol. The van der Waals surface area contributed by atoms with Gasteiger partial charge in [0.15, 0.2) is 11.5 Å². The van der Waals surface area contributed by atoms with E-state index in [1.165, 1.54) is 13.2 Å². The third-order valence-electron chi connectivity index (χ3n) is 3.32. The van der Waals surface area contributed by atoms with E-state index in [1.54, 1.807) is 18.2 Å². The van der Waals surface area contributed by atoms with Crippen LogP contribution in [0.15, 0.2) is 30.3 Å². The van der Waals surface area contributed by atoms with Crippen LogP contribution in [0.5, 0.6) is 5.75 Å². The molecule has 10 heteroatoms. The molecule has 2 aromatic heterocycles. The molecule has 0 saturated heterocycles. The van der Waals surface area contributed by atoms with Gasteiger partial charge in [-0.2, -0.15) is 22.7 Å². The topological polar surface area (TPSA) is 89.6 Å². The average Bonchev–Trinajstić information content (AvgIpc) is 2.94. The highest BCUT2D eigenvalue weighted by Gasteiger charge is 2.35. The first-order valence-corrected chi connectivity index (χ1v) is 6.98. The minimum Gasteiger partial charge on any atom is -0.497 e. The summed E-state index contributed by atoms with van der Waals surface area (Å²) in [6.07, 6.45) is -5.32. The van der Waals surface area contributed by atoms with Gasteiger partial charge < -0.3 is 9.84 Å². The lowest BCUT2D eigenvalue weighted by molar-refractivity contribution is -0.142. The fourth-order valence-corrected chi connectivity index (χ4v) is 2.25. The van der Waals surface area contributed by atoms with Crippen molar-refractivity contribution in [3.8, 4) is 17.0 Å². The summed E-state index contributed by atoms with van der Waals surface area (Å²) < 4.78 is 45.7. The number of methoxy groups -OCH3 is 1. The van der Waals surface area contributed by atoms with Crippen LogP contribution in [0.4, 0.5) is 13.2 Å². The Balaban J connectivity index is 2.21. The van der Waals surface area contributed by atoms with Crippen molar-refractivity contribution in [3.63, 3.8) is 0 Å². The number of alkyl halides is 3. The number of aromatic nitrogens is 4. The van der Waals surface area contributed by atoms with Crippen LogP contribution in [-0.4, -0.2) is 37.8 Å². The Kier molecular flexibility index (Phi) is 4.03. The molecule has 1 aromatic carbocycles. The second kappa shape index (κ2) is 6.04. The van der Waals surface area contributed by atoms with Gasteiger partial charge in [0.1, 0.15) is 12.2 Å². The summed E-state index contributed by atoms with van der Waals surface area (Å²) in [6, 6.07) is 7.21. The molecule has 0 spiro atoms. The number of rotatable bonds is 4. The van der Waals surface area contributed by atoms with Crippen LogP contribution in [0.2, 0.25) is 0 Å². The van der Waals surface area contributed by atoms with Gasteiger partial charge in [0, 0.05) is 5.56 Å². The highest BCUT2D eigenvalue weighted by Crippen LogP contribution is 2.32. The van der Waals surface area contributed by atoms with Crippen LogP contribution in [0.3, 0.4) is 0 Å². The lowest BCUT2D eigenvalue weighted by atomic mass is 10.1. The molecule has 0 radical (unpaired) electrons. The van der Waals surface area contributed by atoms with E-state index in [4.69, 9.17) is 9.84 Å². The number of aliphatic carboxylic acids is 1. The largest absolute Gasteiger partial charge is 0.497 e. The van der Waals surface area contributed by atoms with Crippen molar-refractivity contribution in [1.29, 1.82) is 0 Å². The third kappa shape index (κ3) is 3.37. The van der Waals surface area contributed by atoms with Crippen LogP contribution in [0, 0.1) is 0 Å². The maximum atomic E-state index is 13.4. The molecule has 1 N–H and O–H groups in total. The normalized spacial score (nSPS) is 11.7. The van der Waals surface area contributed by atoms with E-state index in [1.807, 2.05) is 0 Å². The SMILES string of the molecule is COc1cccc(-c2cc(C(F)(F)F)n3nc(CC(=O)O)nc3n2)c1. The van der Waals surface area contributed by atoms with E-state index in [0.717, 1.165) is 6.07 Å². The predicted octanol–water partition coefficient (Wildman–Crippen LogP) is 2.45. The number of benzene rings is 1. The summed E-state index contributed by atoms with van der Waals surface area (Å²) in [4.78, 5) is 18.6. The molecule has 0 amide bonds. The molecule has 3 aromatic rings. The van der Waals surface area contributed by atoms with Crippen molar-refractivity contribution < 1.29 is 27.8 Å². The van der Waals surface area contributed by atoms with Gasteiger partial charge >= 0.3 is 12.1 Å². The zero-order chi connectivity index (χ0) is 18.2. The summed E-state index contributed by atoms with van der Waals surface area (Å²) >= 11 is 0. The number of ether oxygens (including phenoxy) is 1. The molecule has 0 aliphatic rings. The van der Waals surface area contributed by atoms with E-state index < -0.39 is 24.3 Å². The molecular formula is C15H11F3N4O3. The van der Waals surface area contributed by atoms with E-state index in [9.17, 15) is 18.0 Å². The van der Waals surface area contributed by atoms with Gasteiger partial charge in [-0.3, -0.25) is 4.79 Å². The van der Waals surface area contributed by atoms with Gasteiger partial charge in [-0.15, -0.1) is 5.10 Å². The first kappa shape index (κ1) is 16.7. The minimum absolute atomic E-state index is 0.0213. The third-order valence-corrected chi connectivity index (χ3v) is 3.32. The second-order valence-electron chi connectivity index (χ2n) is 5.07. The Labute approximate surface area is 138 Å². The van der Waals surface area contributed by atoms with Crippen molar-refractivity contribution >= 4 is 11.7 Å². The van der Waals surface area contributed by atoms with E-state index in [2.05, 4.69) is 15.1 Å². The van der Waals surface area contributed by atoms with Crippen molar-refractivity contribution in [2.45, 2.75) is 12.6 Å². The molecular weight excluding hydrogens is 341 g/mol. The quantitative estimate of drug-likeness (QED) is 0.776. The maximum absolute atomic E-state index is 13.4.